The van der Waals surface area contributed by atoms with Gasteiger partial charge >= 0.3 is 0 Å². The summed E-state index contributed by atoms with van der Waals surface area (Å²) in [5.41, 5.74) is 4.03. The van der Waals surface area contributed by atoms with Gasteiger partial charge in [-0.25, -0.2) is 0 Å². The molecule has 0 saturated carbocycles. The number of hydrogen-bond acceptors (Lipinski definition) is 2. The first kappa shape index (κ1) is 14.5. The quantitative estimate of drug-likeness (QED) is 0.498. The van der Waals surface area contributed by atoms with E-state index in [9.17, 15) is 0 Å². The van der Waals surface area contributed by atoms with Crippen LogP contribution in [0.2, 0.25) is 10.0 Å². The highest BCUT2D eigenvalue weighted by Gasteiger charge is 2.11. The number of nitrogens with zero attached hydrogens (tertiary/aromatic N) is 3. The molecule has 0 atom stereocenters. The van der Waals surface area contributed by atoms with Crippen LogP contribution in [0.15, 0.2) is 48.7 Å². The molecule has 0 aliphatic heterocycles. The molecule has 0 aliphatic carbocycles. The van der Waals surface area contributed by atoms with Crippen molar-refractivity contribution in [2.45, 2.75) is 13.5 Å². The monoisotopic (exact) mass is 341 g/mol. The fourth-order valence-corrected chi connectivity index (χ4v) is 3.30. The normalized spacial score (nSPS) is 11.4. The fraction of sp³-hybridized carbons (Fsp3) is 0.111. The number of fused-ring (bicyclic) bond motifs is 2. The van der Waals surface area contributed by atoms with Crippen molar-refractivity contribution in [3.8, 4) is 0 Å². The predicted octanol–water partition coefficient (Wildman–Crippen LogP) is 5.25. The van der Waals surface area contributed by atoms with Crippen molar-refractivity contribution in [1.29, 1.82) is 0 Å². The summed E-state index contributed by atoms with van der Waals surface area (Å²) in [4.78, 5) is 4.42. The number of halogens is 2. The van der Waals surface area contributed by atoms with E-state index in [1.54, 1.807) is 12.3 Å². The van der Waals surface area contributed by atoms with Crippen LogP contribution in [-0.2, 0) is 6.54 Å². The van der Waals surface area contributed by atoms with Crippen molar-refractivity contribution >= 4 is 45.0 Å². The maximum absolute atomic E-state index is 6.30. The maximum atomic E-state index is 6.30. The Morgan fingerprint density at radius 3 is 2.78 bits per heavy atom. The topological polar surface area (TPSA) is 30.7 Å². The van der Waals surface area contributed by atoms with Gasteiger partial charge < -0.3 is 0 Å². The SMILES string of the molecule is Cc1nn(Cc2ccc(Cl)cc2Cl)c2cc3cccnc3cc12. The maximum Gasteiger partial charge on any atom is 0.0710 e. The van der Waals surface area contributed by atoms with Gasteiger partial charge in [-0.15, -0.1) is 0 Å². The Morgan fingerprint density at radius 1 is 1.09 bits per heavy atom. The molecule has 4 rings (SSSR count). The summed E-state index contributed by atoms with van der Waals surface area (Å²) in [6, 6.07) is 13.8. The molecule has 2 aromatic carbocycles. The molecule has 5 heteroatoms. The van der Waals surface area contributed by atoms with E-state index in [-0.39, 0.29) is 0 Å². The molecule has 0 amide bonds. The second-order valence-electron chi connectivity index (χ2n) is 5.54. The Bertz CT molecular complexity index is 1040. The van der Waals surface area contributed by atoms with Crippen LogP contribution in [0.25, 0.3) is 21.8 Å². The molecule has 0 unspecified atom stereocenters. The zero-order valence-corrected chi connectivity index (χ0v) is 13.9. The van der Waals surface area contributed by atoms with Crippen LogP contribution in [0.1, 0.15) is 11.3 Å². The largest absolute Gasteiger partial charge is 0.260 e. The first-order valence-corrected chi connectivity index (χ1v) is 8.03. The van der Waals surface area contributed by atoms with E-state index in [0.717, 1.165) is 33.1 Å². The zero-order valence-electron chi connectivity index (χ0n) is 12.4. The van der Waals surface area contributed by atoms with E-state index in [0.29, 0.717) is 16.6 Å². The van der Waals surface area contributed by atoms with E-state index in [2.05, 4.69) is 28.3 Å². The van der Waals surface area contributed by atoms with Crippen molar-refractivity contribution in [1.82, 2.24) is 14.8 Å². The van der Waals surface area contributed by atoms with Crippen LogP contribution in [0.5, 0.6) is 0 Å². The molecule has 2 heterocycles. The Balaban J connectivity index is 1.88. The highest BCUT2D eigenvalue weighted by atomic mass is 35.5. The van der Waals surface area contributed by atoms with Crippen molar-refractivity contribution in [3.63, 3.8) is 0 Å². The van der Waals surface area contributed by atoms with Crippen LogP contribution >= 0.6 is 23.2 Å². The van der Waals surface area contributed by atoms with Crippen molar-refractivity contribution < 1.29 is 0 Å². The third kappa shape index (κ3) is 2.56. The minimum atomic E-state index is 0.603. The molecule has 0 aliphatic rings. The molecule has 0 N–H and O–H groups in total. The van der Waals surface area contributed by atoms with Gasteiger partial charge in [-0.05, 0) is 42.8 Å². The molecule has 3 nitrogen and oxygen atoms in total. The minimum Gasteiger partial charge on any atom is -0.260 e. The van der Waals surface area contributed by atoms with Gasteiger partial charge in [-0.1, -0.05) is 35.3 Å². The molecule has 23 heavy (non-hydrogen) atoms. The molecule has 0 fully saturated rings. The zero-order chi connectivity index (χ0) is 16.0. The summed E-state index contributed by atoms with van der Waals surface area (Å²) in [7, 11) is 0. The number of benzene rings is 2. The minimum absolute atomic E-state index is 0.603. The van der Waals surface area contributed by atoms with E-state index < -0.39 is 0 Å². The van der Waals surface area contributed by atoms with Crippen molar-refractivity contribution in [2.24, 2.45) is 0 Å². The van der Waals surface area contributed by atoms with Gasteiger partial charge in [0.05, 0.1) is 23.3 Å². The Morgan fingerprint density at radius 2 is 1.96 bits per heavy atom. The molecule has 0 saturated heterocycles. The van der Waals surface area contributed by atoms with Crippen molar-refractivity contribution in [3.05, 3.63) is 70.0 Å². The standard InChI is InChI=1S/C18H13Cl2N3/c1-11-15-9-17-12(3-2-6-21-17)7-18(15)23(22-11)10-13-4-5-14(19)8-16(13)20/h2-9H,10H2,1H3. The van der Waals surface area contributed by atoms with Crippen LogP contribution < -0.4 is 0 Å². The molecule has 2 aromatic heterocycles. The highest BCUT2D eigenvalue weighted by molar-refractivity contribution is 6.35. The summed E-state index contributed by atoms with van der Waals surface area (Å²) in [5.74, 6) is 0. The molecule has 0 radical (unpaired) electrons. The number of pyridine rings is 1. The first-order valence-electron chi connectivity index (χ1n) is 7.27. The van der Waals surface area contributed by atoms with Crippen LogP contribution in [0, 0.1) is 6.92 Å². The highest BCUT2D eigenvalue weighted by Crippen LogP contribution is 2.27. The lowest BCUT2D eigenvalue weighted by atomic mass is 10.1. The second-order valence-corrected chi connectivity index (χ2v) is 6.39. The van der Waals surface area contributed by atoms with Gasteiger partial charge in [0.1, 0.15) is 0 Å². The lowest BCUT2D eigenvalue weighted by Crippen LogP contribution is -2.02. The number of hydrogen-bond donors (Lipinski definition) is 0. The third-order valence-electron chi connectivity index (χ3n) is 3.99. The van der Waals surface area contributed by atoms with Gasteiger partial charge in [-0.2, -0.15) is 5.10 Å². The van der Waals surface area contributed by atoms with Crippen LogP contribution in [0.4, 0.5) is 0 Å². The fourth-order valence-electron chi connectivity index (χ4n) is 2.83. The Hall–Kier alpha value is -2.10. The molecule has 0 spiro atoms. The van der Waals surface area contributed by atoms with Gasteiger partial charge in [0.25, 0.3) is 0 Å². The summed E-state index contributed by atoms with van der Waals surface area (Å²) in [6.45, 7) is 2.61. The van der Waals surface area contributed by atoms with Gasteiger partial charge in [0.15, 0.2) is 0 Å². The van der Waals surface area contributed by atoms with Gasteiger partial charge in [-0.3, -0.25) is 9.67 Å². The molecule has 4 aromatic rings. The van der Waals surface area contributed by atoms with E-state index in [1.807, 2.05) is 29.8 Å². The molecular weight excluding hydrogens is 329 g/mol. The Kier molecular flexibility index (Phi) is 3.47. The van der Waals surface area contributed by atoms with Gasteiger partial charge in [0, 0.05) is 27.0 Å². The second kappa shape index (κ2) is 5.52. The number of rotatable bonds is 2. The Labute approximate surface area is 143 Å². The van der Waals surface area contributed by atoms with Crippen LogP contribution in [-0.4, -0.2) is 14.8 Å². The van der Waals surface area contributed by atoms with E-state index in [4.69, 9.17) is 23.2 Å². The van der Waals surface area contributed by atoms with E-state index in [1.165, 1.54) is 0 Å². The van der Waals surface area contributed by atoms with Crippen LogP contribution in [0.3, 0.4) is 0 Å². The average Bonchev–Trinajstić information content (AvgIpc) is 2.84. The molecule has 114 valence electrons. The average molecular weight is 342 g/mol. The van der Waals surface area contributed by atoms with E-state index >= 15 is 0 Å². The smallest absolute Gasteiger partial charge is 0.0710 e. The number of aryl methyl sites for hydroxylation is 1. The number of aromatic nitrogens is 3. The summed E-state index contributed by atoms with van der Waals surface area (Å²) >= 11 is 12.3. The third-order valence-corrected chi connectivity index (χ3v) is 4.58. The molecular formula is C18H13Cl2N3. The van der Waals surface area contributed by atoms with Gasteiger partial charge in [0.2, 0.25) is 0 Å². The summed E-state index contributed by atoms with van der Waals surface area (Å²) < 4.78 is 1.98. The lowest BCUT2D eigenvalue weighted by Gasteiger charge is -2.07. The lowest BCUT2D eigenvalue weighted by molar-refractivity contribution is 0.703. The summed E-state index contributed by atoms with van der Waals surface area (Å²) in [6.07, 6.45) is 1.81. The molecule has 0 bridgehead atoms. The summed E-state index contributed by atoms with van der Waals surface area (Å²) in [5, 5.41) is 8.17. The van der Waals surface area contributed by atoms with Crippen molar-refractivity contribution in [2.75, 3.05) is 0 Å². The first-order chi connectivity index (χ1) is 11.1. The predicted molar refractivity (Wildman–Crippen MR) is 95.3 cm³/mol.